The highest BCUT2D eigenvalue weighted by Gasteiger charge is 2.09. The Kier molecular flexibility index (Phi) is 4.02. The van der Waals surface area contributed by atoms with E-state index in [0.29, 0.717) is 5.13 Å². The minimum absolute atomic E-state index is 0. The molecule has 23 heavy (non-hydrogen) atoms. The van der Waals surface area contributed by atoms with Crippen LogP contribution in [0.2, 0.25) is 0 Å². The molecule has 116 valence electrons. The van der Waals surface area contributed by atoms with Gasteiger partial charge in [-0.05, 0) is 30.7 Å². The van der Waals surface area contributed by atoms with Crippen molar-refractivity contribution in [3.05, 3.63) is 54.4 Å². The number of fused-ring (bicyclic) bond motifs is 1. The molecule has 3 aromatic heterocycles. The van der Waals surface area contributed by atoms with E-state index in [2.05, 4.69) is 50.8 Å². The number of nitrogens with two attached hydrogens (primary N) is 1. The van der Waals surface area contributed by atoms with Gasteiger partial charge < -0.3 is 5.73 Å². The Hall–Kier alpha value is -2.44. The monoisotopic (exact) mass is 343 g/mol. The smallest absolute Gasteiger partial charge is 0.203 e. The van der Waals surface area contributed by atoms with Crippen molar-refractivity contribution in [2.45, 2.75) is 6.92 Å². The lowest BCUT2D eigenvalue weighted by atomic mass is 10.1. The van der Waals surface area contributed by atoms with Crippen LogP contribution in [0.5, 0.6) is 0 Å². The zero-order valence-corrected chi connectivity index (χ0v) is 13.9. The van der Waals surface area contributed by atoms with Gasteiger partial charge in [-0.25, -0.2) is 4.98 Å². The number of rotatable bonds is 2. The number of hydrogen-bond acceptors (Lipinski definition) is 5. The Morgan fingerprint density at radius 2 is 1.91 bits per heavy atom. The summed E-state index contributed by atoms with van der Waals surface area (Å²) in [6, 6.07) is 12.3. The summed E-state index contributed by atoms with van der Waals surface area (Å²) in [7, 11) is 0. The maximum atomic E-state index is 5.67. The molecule has 1 aromatic carbocycles. The van der Waals surface area contributed by atoms with E-state index in [-0.39, 0.29) is 12.4 Å². The predicted octanol–water partition coefficient (Wildman–Crippen LogP) is 3.83. The number of aromatic nitrogens is 4. The standard InChI is InChI=1S/C16H13N5S.ClH/c1-10-5-6-21-13(9-18-14(21)7-10)11-3-2-4-12(8-11)15-19-20-16(17)22-15;/h2-9H,1H3,(H2,17,20);1H. The molecule has 0 unspecified atom stereocenters. The van der Waals surface area contributed by atoms with Crippen molar-refractivity contribution >= 4 is 34.5 Å². The average molecular weight is 344 g/mol. The van der Waals surface area contributed by atoms with Gasteiger partial charge in [0.05, 0.1) is 11.9 Å². The summed E-state index contributed by atoms with van der Waals surface area (Å²) in [6.07, 6.45) is 3.94. The third kappa shape index (κ3) is 2.78. The van der Waals surface area contributed by atoms with Crippen LogP contribution in [0.1, 0.15) is 5.56 Å². The topological polar surface area (TPSA) is 69.1 Å². The first-order chi connectivity index (χ1) is 10.7. The highest BCUT2D eigenvalue weighted by Crippen LogP contribution is 2.29. The SMILES string of the molecule is Cc1ccn2c(-c3cccc(-c4nnc(N)s4)c3)cnc2c1.Cl. The first-order valence-electron chi connectivity index (χ1n) is 6.84. The van der Waals surface area contributed by atoms with Gasteiger partial charge >= 0.3 is 0 Å². The minimum atomic E-state index is 0. The van der Waals surface area contributed by atoms with Gasteiger partial charge in [-0.15, -0.1) is 22.6 Å². The zero-order valence-electron chi connectivity index (χ0n) is 12.3. The van der Waals surface area contributed by atoms with Gasteiger partial charge in [0.25, 0.3) is 0 Å². The fourth-order valence-corrected chi connectivity index (χ4v) is 3.07. The van der Waals surface area contributed by atoms with E-state index < -0.39 is 0 Å². The Balaban J connectivity index is 0.00000156. The lowest BCUT2D eigenvalue weighted by molar-refractivity contribution is 1.10. The molecule has 2 N–H and O–H groups in total. The van der Waals surface area contributed by atoms with Gasteiger partial charge in [-0.3, -0.25) is 4.40 Å². The number of aryl methyl sites for hydroxylation is 1. The highest BCUT2D eigenvalue weighted by atomic mass is 35.5. The fraction of sp³-hybridized carbons (Fsp3) is 0.0625. The summed E-state index contributed by atoms with van der Waals surface area (Å²) in [6.45, 7) is 2.06. The Bertz CT molecular complexity index is 975. The van der Waals surface area contributed by atoms with Crippen molar-refractivity contribution in [3.63, 3.8) is 0 Å². The molecule has 0 aliphatic rings. The molecule has 0 saturated carbocycles. The van der Waals surface area contributed by atoms with Crippen LogP contribution < -0.4 is 5.73 Å². The number of anilines is 1. The second kappa shape index (κ2) is 5.98. The number of imidazole rings is 1. The van der Waals surface area contributed by atoms with Gasteiger partial charge in [0.1, 0.15) is 10.7 Å². The van der Waals surface area contributed by atoms with Crippen LogP contribution in [0.25, 0.3) is 27.5 Å². The largest absolute Gasteiger partial charge is 0.374 e. The summed E-state index contributed by atoms with van der Waals surface area (Å²) in [4.78, 5) is 4.48. The molecule has 0 spiro atoms. The van der Waals surface area contributed by atoms with Crippen LogP contribution in [-0.2, 0) is 0 Å². The van der Waals surface area contributed by atoms with Crippen molar-refractivity contribution in [1.29, 1.82) is 0 Å². The van der Waals surface area contributed by atoms with Gasteiger partial charge in [-0.1, -0.05) is 29.5 Å². The van der Waals surface area contributed by atoms with E-state index in [0.717, 1.165) is 27.5 Å². The van der Waals surface area contributed by atoms with E-state index in [1.165, 1.54) is 16.9 Å². The number of hydrogen-bond donors (Lipinski definition) is 1. The lowest BCUT2D eigenvalue weighted by Crippen LogP contribution is -1.89. The molecule has 3 heterocycles. The number of nitrogen functional groups attached to an aromatic ring is 1. The average Bonchev–Trinajstić information content (AvgIpc) is 3.13. The molecule has 0 amide bonds. The molecular weight excluding hydrogens is 330 g/mol. The van der Waals surface area contributed by atoms with Gasteiger partial charge in [-0.2, -0.15) is 0 Å². The van der Waals surface area contributed by atoms with Crippen LogP contribution >= 0.6 is 23.7 Å². The Morgan fingerprint density at radius 1 is 1.09 bits per heavy atom. The van der Waals surface area contributed by atoms with Crippen molar-refractivity contribution in [2.75, 3.05) is 5.73 Å². The highest BCUT2D eigenvalue weighted by molar-refractivity contribution is 7.18. The van der Waals surface area contributed by atoms with Crippen LogP contribution in [0.3, 0.4) is 0 Å². The minimum Gasteiger partial charge on any atom is -0.374 e. The maximum absolute atomic E-state index is 5.67. The van der Waals surface area contributed by atoms with E-state index in [1.807, 2.05) is 24.5 Å². The zero-order chi connectivity index (χ0) is 15.1. The van der Waals surface area contributed by atoms with Crippen LogP contribution in [-0.4, -0.2) is 19.6 Å². The molecule has 0 radical (unpaired) electrons. The molecule has 0 aliphatic heterocycles. The Morgan fingerprint density at radius 3 is 2.70 bits per heavy atom. The van der Waals surface area contributed by atoms with Crippen LogP contribution in [0, 0.1) is 6.92 Å². The van der Waals surface area contributed by atoms with Gasteiger partial charge in [0.2, 0.25) is 5.13 Å². The normalized spacial score (nSPS) is 10.7. The number of benzene rings is 1. The van der Waals surface area contributed by atoms with Crippen molar-refractivity contribution in [3.8, 4) is 21.8 Å². The summed E-state index contributed by atoms with van der Waals surface area (Å²) in [5.41, 5.74) is 11.0. The molecule has 0 atom stereocenters. The molecule has 4 aromatic rings. The number of pyridine rings is 1. The maximum Gasteiger partial charge on any atom is 0.203 e. The van der Waals surface area contributed by atoms with E-state index >= 15 is 0 Å². The van der Waals surface area contributed by atoms with Crippen molar-refractivity contribution in [2.24, 2.45) is 0 Å². The molecule has 7 heteroatoms. The van der Waals surface area contributed by atoms with Crippen molar-refractivity contribution in [1.82, 2.24) is 19.6 Å². The summed E-state index contributed by atoms with van der Waals surface area (Å²) < 4.78 is 2.08. The lowest BCUT2D eigenvalue weighted by Gasteiger charge is -2.04. The fourth-order valence-electron chi connectivity index (χ4n) is 2.46. The first-order valence-corrected chi connectivity index (χ1v) is 7.66. The number of halogens is 1. The molecule has 0 aliphatic carbocycles. The third-order valence-electron chi connectivity index (χ3n) is 3.51. The van der Waals surface area contributed by atoms with Crippen LogP contribution in [0.15, 0.2) is 48.8 Å². The quantitative estimate of drug-likeness (QED) is 0.600. The van der Waals surface area contributed by atoms with Crippen molar-refractivity contribution < 1.29 is 0 Å². The second-order valence-electron chi connectivity index (χ2n) is 5.10. The van der Waals surface area contributed by atoms with Gasteiger partial charge in [0, 0.05) is 17.3 Å². The molecule has 0 fully saturated rings. The predicted molar refractivity (Wildman–Crippen MR) is 95.9 cm³/mol. The third-order valence-corrected chi connectivity index (χ3v) is 4.32. The summed E-state index contributed by atoms with van der Waals surface area (Å²) in [5, 5.41) is 9.28. The molecular formula is C16H14ClN5S. The molecule has 4 rings (SSSR count). The molecule has 5 nitrogen and oxygen atoms in total. The van der Waals surface area contributed by atoms with Crippen LogP contribution in [0.4, 0.5) is 5.13 Å². The Labute approximate surface area is 143 Å². The molecule has 0 bridgehead atoms. The van der Waals surface area contributed by atoms with E-state index in [4.69, 9.17) is 5.73 Å². The second-order valence-corrected chi connectivity index (χ2v) is 6.11. The van der Waals surface area contributed by atoms with E-state index in [1.54, 1.807) is 0 Å². The number of nitrogens with zero attached hydrogens (tertiary/aromatic N) is 4. The molecule has 0 saturated heterocycles. The first kappa shape index (κ1) is 15.5. The van der Waals surface area contributed by atoms with Gasteiger partial charge in [0.15, 0.2) is 0 Å². The van der Waals surface area contributed by atoms with E-state index in [9.17, 15) is 0 Å². The summed E-state index contributed by atoms with van der Waals surface area (Å²) in [5.74, 6) is 0. The summed E-state index contributed by atoms with van der Waals surface area (Å²) >= 11 is 1.39.